The number of pyridine rings is 2. The largest absolute Gasteiger partial charge is 0.488 e. The van der Waals surface area contributed by atoms with Crippen LogP contribution >= 0.6 is 23.2 Å². The molecule has 94 valence electrons. The minimum absolute atomic E-state index is 0.383. The summed E-state index contributed by atoms with van der Waals surface area (Å²) in [6.07, 6.45) is 6.27. The first-order valence-corrected chi connectivity index (χ1v) is 5.96. The number of nitrogens with zero attached hydrogens (tertiary/aromatic N) is 2. The van der Waals surface area contributed by atoms with Gasteiger partial charge in [0.15, 0.2) is 0 Å². The molecule has 0 aliphatic carbocycles. The third kappa shape index (κ3) is 4.05. The first-order chi connectivity index (χ1) is 8.74. The molecule has 0 spiro atoms. The second-order valence-electron chi connectivity index (χ2n) is 3.37. The summed E-state index contributed by atoms with van der Waals surface area (Å²) >= 11 is 11.5. The van der Waals surface area contributed by atoms with Gasteiger partial charge in [-0.2, -0.15) is 0 Å². The van der Waals surface area contributed by atoms with Crippen LogP contribution in [0.5, 0.6) is 11.5 Å². The Morgan fingerprint density at radius 3 is 1.61 bits per heavy atom. The molecule has 0 saturated heterocycles. The van der Waals surface area contributed by atoms with Gasteiger partial charge in [-0.05, 0) is 0 Å². The molecule has 0 amide bonds. The van der Waals surface area contributed by atoms with Crippen LogP contribution in [0.3, 0.4) is 0 Å². The highest BCUT2D eigenvalue weighted by atomic mass is 35.5. The van der Waals surface area contributed by atoms with E-state index in [1.165, 1.54) is 0 Å². The predicted octanol–water partition coefficient (Wildman–Crippen LogP) is 3.24. The summed E-state index contributed by atoms with van der Waals surface area (Å²) in [5.74, 6) is 1.21. The zero-order chi connectivity index (χ0) is 12.8. The summed E-state index contributed by atoms with van der Waals surface area (Å²) < 4.78 is 10.8. The molecule has 0 aliphatic heterocycles. The van der Waals surface area contributed by atoms with Gasteiger partial charge in [0, 0.05) is 24.5 Å². The van der Waals surface area contributed by atoms with E-state index in [-0.39, 0.29) is 0 Å². The van der Waals surface area contributed by atoms with Crippen LogP contribution < -0.4 is 9.47 Å². The number of halogens is 2. The van der Waals surface area contributed by atoms with Crippen LogP contribution in [0.1, 0.15) is 0 Å². The maximum atomic E-state index is 5.77. The second-order valence-corrected chi connectivity index (χ2v) is 4.25. The zero-order valence-corrected chi connectivity index (χ0v) is 10.9. The molecule has 2 rings (SSSR count). The molecule has 0 aliphatic rings. The van der Waals surface area contributed by atoms with Gasteiger partial charge < -0.3 is 9.47 Å². The van der Waals surface area contributed by atoms with Gasteiger partial charge in [0.1, 0.15) is 24.7 Å². The van der Waals surface area contributed by atoms with Crippen LogP contribution in [0.4, 0.5) is 0 Å². The third-order valence-corrected chi connectivity index (χ3v) is 2.39. The van der Waals surface area contributed by atoms with Gasteiger partial charge in [0.2, 0.25) is 0 Å². The van der Waals surface area contributed by atoms with Crippen molar-refractivity contribution in [3.05, 3.63) is 47.0 Å². The van der Waals surface area contributed by atoms with E-state index in [4.69, 9.17) is 32.7 Å². The molecule has 6 heteroatoms. The minimum atomic E-state index is 0.383. The van der Waals surface area contributed by atoms with Gasteiger partial charge >= 0.3 is 0 Å². The van der Waals surface area contributed by atoms with E-state index in [1.54, 1.807) is 36.9 Å². The van der Waals surface area contributed by atoms with Crippen molar-refractivity contribution in [3.8, 4) is 11.5 Å². The first-order valence-electron chi connectivity index (χ1n) is 5.21. The van der Waals surface area contributed by atoms with E-state index < -0.39 is 0 Å². The van der Waals surface area contributed by atoms with Crippen molar-refractivity contribution < 1.29 is 9.47 Å². The Labute approximate surface area is 114 Å². The quantitative estimate of drug-likeness (QED) is 0.791. The monoisotopic (exact) mass is 284 g/mol. The molecule has 0 fully saturated rings. The number of hydrogen-bond acceptors (Lipinski definition) is 4. The Hall–Kier alpha value is -1.52. The molecule has 0 saturated carbocycles. The summed E-state index contributed by atoms with van der Waals surface area (Å²) in [6, 6.07) is 3.38. The minimum Gasteiger partial charge on any atom is -0.488 e. The lowest BCUT2D eigenvalue weighted by molar-refractivity contribution is 0.216. The van der Waals surface area contributed by atoms with Crippen molar-refractivity contribution >= 4 is 23.2 Å². The summed E-state index contributed by atoms with van der Waals surface area (Å²) in [6.45, 7) is 0.767. The lowest BCUT2D eigenvalue weighted by atomic mass is 10.4. The summed E-state index contributed by atoms with van der Waals surface area (Å²) in [4.78, 5) is 7.82. The van der Waals surface area contributed by atoms with Crippen molar-refractivity contribution in [1.82, 2.24) is 9.97 Å². The maximum absolute atomic E-state index is 5.77. The van der Waals surface area contributed by atoms with E-state index in [0.29, 0.717) is 34.8 Å². The fourth-order valence-electron chi connectivity index (χ4n) is 1.26. The standard InChI is InChI=1S/C12H10Cl2N2O2/c13-9-3-11(7-15-5-9)17-1-2-18-12-4-10(14)6-16-8-12/h3-8H,1-2H2. The van der Waals surface area contributed by atoms with E-state index in [1.807, 2.05) is 0 Å². The van der Waals surface area contributed by atoms with E-state index in [0.717, 1.165) is 0 Å². The van der Waals surface area contributed by atoms with Gasteiger partial charge in [-0.25, -0.2) is 0 Å². The maximum Gasteiger partial charge on any atom is 0.139 e. The average Bonchev–Trinajstić information content (AvgIpc) is 2.35. The number of ether oxygens (including phenoxy) is 2. The average molecular weight is 285 g/mol. The van der Waals surface area contributed by atoms with Gasteiger partial charge in [0.25, 0.3) is 0 Å². The topological polar surface area (TPSA) is 44.2 Å². The number of aromatic nitrogens is 2. The molecule has 0 radical (unpaired) electrons. The van der Waals surface area contributed by atoms with Crippen LogP contribution in [0.25, 0.3) is 0 Å². The molecule has 0 N–H and O–H groups in total. The highest BCUT2D eigenvalue weighted by Crippen LogP contribution is 2.16. The molecular weight excluding hydrogens is 275 g/mol. The van der Waals surface area contributed by atoms with Crippen LogP contribution in [0.2, 0.25) is 10.0 Å². The summed E-state index contributed by atoms with van der Waals surface area (Å²) in [5, 5.41) is 1.07. The summed E-state index contributed by atoms with van der Waals surface area (Å²) in [5.41, 5.74) is 0. The highest BCUT2D eigenvalue weighted by molar-refractivity contribution is 6.30. The highest BCUT2D eigenvalue weighted by Gasteiger charge is 1.98. The third-order valence-electron chi connectivity index (χ3n) is 1.98. The zero-order valence-electron chi connectivity index (χ0n) is 9.35. The lowest BCUT2D eigenvalue weighted by Gasteiger charge is -2.08. The SMILES string of the molecule is Clc1cncc(OCCOc2cncc(Cl)c2)c1. The van der Waals surface area contributed by atoms with Crippen LogP contribution in [0, 0.1) is 0 Å². The number of hydrogen-bond donors (Lipinski definition) is 0. The van der Waals surface area contributed by atoms with E-state index >= 15 is 0 Å². The van der Waals surface area contributed by atoms with Crippen molar-refractivity contribution in [3.63, 3.8) is 0 Å². The molecule has 2 aromatic heterocycles. The van der Waals surface area contributed by atoms with E-state index in [2.05, 4.69) is 9.97 Å². The molecule has 0 aromatic carbocycles. The smallest absolute Gasteiger partial charge is 0.139 e. The Morgan fingerprint density at radius 2 is 1.22 bits per heavy atom. The van der Waals surface area contributed by atoms with Gasteiger partial charge in [-0.3, -0.25) is 9.97 Å². The lowest BCUT2D eigenvalue weighted by Crippen LogP contribution is -2.09. The van der Waals surface area contributed by atoms with Crippen molar-refractivity contribution in [1.29, 1.82) is 0 Å². The van der Waals surface area contributed by atoms with Gasteiger partial charge in [0.05, 0.1) is 22.4 Å². The normalized spacial score (nSPS) is 10.1. The molecule has 2 aromatic rings. The Kier molecular flexibility index (Phi) is 4.61. The fourth-order valence-corrected chi connectivity index (χ4v) is 1.59. The molecule has 0 bridgehead atoms. The van der Waals surface area contributed by atoms with E-state index in [9.17, 15) is 0 Å². The van der Waals surface area contributed by atoms with Crippen LogP contribution in [-0.2, 0) is 0 Å². The van der Waals surface area contributed by atoms with Crippen LogP contribution in [0.15, 0.2) is 36.9 Å². The van der Waals surface area contributed by atoms with Gasteiger partial charge in [-0.15, -0.1) is 0 Å². The van der Waals surface area contributed by atoms with Crippen molar-refractivity contribution in [2.24, 2.45) is 0 Å². The molecular formula is C12H10Cl2N2O2. The second kappa shape index (κ2) is 6.42. The predicted molar refractivity (Wildman–Crippen MR) is 69.5 cm³/mol. The van der Waals surface area contributed by atoms with Crippen molar-refractivity contribution in [2.45, 2.75) is 0 Å². The summed E-state index contributed by atoms with van der Waals surface area (Å²) in [7, 11) is 0. The first kappa shape index (κ1) is 12.9. The van der Waals surface area contributed by atoms with Crippen LogP contribution in [-0.4, -0.2) is 23.2 Å². The fraction of sp³-hybridized carbons (Fsp3) is 0.167. The number of rotatable bonds is 5. The Balaban J connectivity index is 1.76. The molecule has 0 unspecified atom stereocenters. The van der Waals surface area contributed by atoms with Gasteiger partial charge in [-0.1, -0.05) is 23.2 Å². The van der Waals surface area contributed by atoms with Crippen molar-refractivity contribution in [2.75, 3.05) is 13.2 Å². The Bertz CT molecular complexity index is 475. The molecule has 0 atom stereocenters. The molecule has 2 heterocycles. The Morgan fingerprint density at radius 1 is 0.778 bits per heavy atom. The molecule has 18 heavy (non-hydrogen) atoms. The molecule has 4 nitrogen and oxygen atoms in total.